The standard InChI is InChI=1S/C9H13NS/c1-11-10-8-7-9-5-3-2-4-6-9/h2-6,10H,7-8H2,1H3. The Labute approximate surface area is 72.3 Å². The van der Waals surface area contributed by atoms with Gasteiger partial charge in [-0.2, -0.15) is 0 Å². The Balaban J connectivity index is 2.28. The zero-order valence-electron chi connectivity index (χ0n) is 6.71. The highest BCUT2D eigenvalue weighted by molar-refractivity contribution is 7.96. The van der Waals surface area contributed by atoms with Crippen molar-refractivity contribution in [3.63, 3.8) is 0 Å². The van der Waals surface area contributed by atoms with Crippen molar-refractivity contribution in [1.29, 1.82) is 0 Å². The van der Waals surface area contributed by atoms with Crippen LogP contribution in [0.3, 0.4) is 0 Å². The van der Waals surface area contributed by atoms with Crippen molar-refractivity contribution >= 4 is 11.9 Å². The van der Waals surface area contributed by atoms with Crippen molar-refractivity contribution in [3.8, 4) is 0 Å². The van der Waals surface area contributed by atoms with Gasteiger partial charge in [0.1, 0.15) is 0 Å². The third-order valence-corrected chi connectivity index (χ3v) is 2.00. The van der Waals surface area contributed by atoms with Gasteiger partial charge in [0.25, 0.3) is 0 Å². The van der Waals surface area contributed by atoms with E-state index < -0.39 is 0 Å². The first-order valence-corrected chi connectivity index (χ1v) is 4.95. The number of rotatable bonds is 4. The van der Waals surface area contributed by atoms with Crippen LogP contribution in [0.1, 0.15) is 5.56 Å². The van der Waals surface area contributed by atoms with Crippen LogP contribution < -0.4 is 4.72 Å². The summed E-state index contributed by atoms with van der Waals surface area (Å²) in [5.41, 5.74) is 1.40. The summed E-state index contributed by atoms with van der Waals surface area (Å²) in [7, 11) is 0. The predicted octanol–water partition coefficient (Wildman–Crippen LogP) is 2.10. The molecular weight excluding hydrogens is 154 g/mol. The summed E-state index contributed by atoms with van der Waals surface area (Å²) >= 11 is 1.67. The van der Waals surface area contributed by atoms with Crippen molar-refractivity contribution in [3.05, 3.63) is 35.9 Å². The Morgan fingerprint density at radius 3 is 2.64 bits per heavy atom. The maximum absolute atomic E-state index is 3.21. The van der Waals surface area contributed by atoms with Crippen LogP contribution >= 0.6 is 11.9 Å². The SMILES string of the molecule is CSNCCc1ccccc1. The molecule has 0 unspecified atom stereocenters. The van der Waals surface area contributed by atoms with Crippen LogP contribution in [0.15, 0.2) is 30.3 Å². The number of nitrogens with one attached hydrogen (secondary N) is 1. The first-order chi connectivity index (χ1) is 5.43. The van der Waals surface area contributed by atoms with Gasteiger partial charge in [-0.05, 0) is 18.2 Å². The van der Waals surface area contributed by atoms with E-state index in [9.17, 15) is 0 Å². The zero-order valence-corrected chi connectivity index (χ0v) is 7.53. The van der Waals surface area contributed by atoms with E-state index in [4.69, 9.17) is 0 Å². The van der Waals surface area contributed by atoms with Crippen molar-refractivity contribution in [1.82, 2.24) is 4.72 Å². The molecule has 0 aliphatic carbocycles. The van der Waals surface area contributed by atoms with Gasteiger partial charge in [-0.25, -0.2) is 0 Å². The summed E-state index contributed by atoms with van der Waals surface area (Å²) in [6.45, 7) is 1.05. The molecule has 0 fully saturated rings. The van der Waals surface area contributed by atoms with E-state index in [1.165, 1.54) is 5.56 Å². The summed E-state index contributed by atoms with van der Waals surface area (Å²) in [4.78, 5) is 0. The van der Waals surface area contributed by atoms with Crippen LogP contribution in [0.25, 0.3) is 0 Å². The first-order valence-electron chi connectivity index (χ1n) is 3.73. The van der Waals surface area contributed by atoms with E-state index in [1.807, 2.05) is 12.3 Å². The lowest BCUT2D eigenvalue weighted by Gasteiger charge is -1.99. The average molecular weight is 167 g/mol. The molecule has 0 heterocycles. The van der Waals surface area contributed by atoms with Gasteiger partial charge < -0.3 is 0 Å². The fourth-order valence-electron chi connectivity index (χ4n) is 0.942. The summed E-state index contributed by atoms with van der Waals surface area (Å²) < 4.78 is 3.21. The highest BCUT2D eigenvalue weighted by atomic mass is 32.2. The molecule has 1 aromatic rings. The number of hydrogen-bond donors (Lipinski definition) is 1. The largest absolute Gasteiger partial charge is 0.264 e. The maximum Gasteiger partial charge on any atom is 0.00989 e. The van der Waals surface area contributed by atoms with Gasteiger partial charge in [0.05, 0.1) is 0 Å². The molecule has 1 aromatic carbocycles. The van der Waals surface area contributed by atoms with Crippen LogP contribution in [0.4, 0.5) is 0 Å². The normalized spacial score (nSPS) is 9.91. The molecule has 0 amide bonds. The van der Waals surface area contributed by atoms with Crippen LogP contribution in [-0.2, 0) is 6.42 Å². The van der Waals surface area contributed by atoms with Crippen molar-refractivity contribution in [2.75, 3.05) is 12.8 Å². The van der Waals surface area contributed by atoms with Crippen LogP contribution in [-0.4, -0.2) is 12.8 Å². The Morgan fingerprint density at radius 2 is 2.00 bits per heavy atom. The second-order valence-electron chi connectivity index (χ2n) is 2.33. The smallest absolute Gasteiger partial charge is 0.00989 e. The Kier molecular flexibility index (Phi) is 4.09. The van der Waals surface area contributed by atoms with E-state index in [2.05, 4.69) is 29.0 Å². The Hall–Kier alpha value is -0.470. The highest BCUT2D eigenvalue weighted by Gasteiger charge is 1.88. The molecule has 60 valence electrons. The monoisotopic (exact) mass is 167 g/mol. The molecule has 0 bridgehead atoms. The minimum atomic E-state index is 1.05. The van der Waals surface area contributed by atoms with Crippen LogP contribution in [0.2, 0.25) is 0 Å². The molecule has 0 saturated heterocycles. The molecule has 2 heteroatoms. The summed E-state index contributed by atoms with van der Waals surface area (Å²) in [5, 5.41) is 0. The zero-order chi connectivity index (χ0) is 7.94. The molecular formula is C9H13NS. The number of hydrogen-bond acceptors (Lipinski definition) is 2. The van der Waals surface area contributed by atoms with E-state index in [0.717, 1.165) is 13.0 Å². The van der Waals surface area contributed by atoms with Gasteiger partial charge in [-0.1, -0.05) is 42.3 Å². The van der Waals surface area contributed by atoms with Gasteiger partial charge in [0, 0.05) is 6.54 Å². The van der Waals surface area contributed by atoms with E-state index in [1.54, 1.807) is 11.9 Å². The number of benzene rings is 1. The predicted molar refractivity (Wildman–Crippen MR) is 51.7 cm³/mol. The summed E-state index contributed by atoms with van der Waals surface area (Å²) in [6, 6.07) is 10.5. The van der Waals surface area contributed by atoms with E-state index in [0.29, 0.717) is 0 Å². The van der Waals surface area contributed by atoms with E-state index >= 15 is 0 Å². The molecule has 1 N–H and O–H groups in total. The molecule has 1 rings (SSSR count). The maximum atomic E-state index is 3.21. The van der Waals surface area contributed by atoms with Crippen molar-refractivity contribution in [2.24, 2.45) is 0 Å². The minimum Gasteiger partial charge on any atom is -0.264 e. The molecule has 0 spiro atoms. The topological polar surface area (TPSA) is 12.0 Å². The summed E-state index contributed by atoms with van der Waals surface area (Å²) in [6.07, 6.45) is 3.16. The molecule has 0 aliphatic heterocycles. The van der Waals surface area contributed by atoms with E-state index in [-0.39, 0.29) is 0 Å². The second-order valence-corrected chi connectivity index (χ2v) is 3.03. The molecule has 0 saturated carbocycles. The molecule has 1 nitrogen and oxygen atoms in total. The van der Waals surface area contributed by atoms with Crippen LogP contribution in [0.5, 0.6) is 0 Å². The summed E-state index contributed by atoms with van der Waals surface area (Å²) in [5.74, 6) is 0. The lowest BCUT2D eigenvalue weighted by molar-refractivity contribution is 0.910. The van der Waals surface area contributed by atoms with Gasteiger partial charge in [-0.3, -0.25) is 4.72 Å². The third-order valence-electron chi connectivity index (χ3n) is 1.50. The van der Waals surface area contributed by atoms with Crippen molar-refractivity contribution < 1.29 is 0 Å². The second kappa shape index (κ2) is 5.22. The van der Waals surface area contributed by atoms with Crippen LogP contribution in [0, 0.1) is 0 Å². The Morgan fingerprint density at radius 1 is 1.27 bits per heavy atom. The van der Waals surface area contributed by atoms with Gasteiger partial charge in [0.2, 0.25) is 0 Å². The fraction of sp³-hybridized carbons (Fsp3) is 0.333. The molecule has 0 aromatic heterocycles. The minimum absolute atomic E-state index is 1.05. The molecule has 0 aliphatic rings. The molecule has 0 atom stereocenters. The molecule has 11 heavy (non-hydrogen) atoms. The fourth-order valence-corrected chi connectivity index (χ4v) is 1.25. The quantitative estimate of drug-likeness (QED) is 0.544. The van der Waals surface area contributed by atoms with Crippen molar-refractivity contribution in [2.45, 2.75) is 6.42 Å². The average Bonchev–Trinajstić information content (AvgIpc) is 2.07. The van der Waals surface area contributed by atoms with Gasteiger partial charge in [-0.15, -0.1) is 0 Å². The lowest BCUT2D eigenvalue weighted by atomic mass is 10.2. The van der Waals surface area contributed by atoms with Gasteiger partial charge in [0.15, 0.2) is 0 Å². The lowest BCUT2D eigenvalue weighted by Crippen LogP contribution is -2.07. The first kappa shape index (κ1) is 8.62. The third kappa shape index (κ3) is 3.44. The van der Waals surface area contributed by atoms with Gasteiger partial charge >= 0.3 is 0 Å². The highest BCUT2D eigenvalue weighted by Crippen LogP contribution is 1.98. The molecule has 0 radical (unpaired) electrons. The Bertz CT molecular complexity index is 186.